The molecule has 4 nitrogen and oxygen atoms in total. The number of hydrogen-bond donors (Lipinski definition) is 1. The first-order chi connectivity index (χ1) is 14.6. The molecule has 0 radical (unpaired) electrons. The number of aromatic nitrogens is 2. The molecule has 1 N–H and O–H groups in total. The van der Waals surface area contributed by atoms with Gasteiger partial charge in [-0.2, -0.15) is 5.10 Å². The lowest BCUT2D eigenvalue weighted by Crippen LogP contribution is -2.30. The molecule has 2 aromatic heterocycles. The topological polar surface area (TPSA) is 46.9 Å². The minimum Gasteiger partial charge on any atom is -0.345 e. The van der Waals surface area contributed by atoms with Gasteiger partial charge in [-0.1, -0.05) is 36.4 Å². The van der Waals surface area contributed by atoms with E-state index in [1.54, 1.807) is 12.1 Å². The summed E-state index contributed by atoms with van der Waals surface area (Å²) < 4.78 is 15.1. The fourth-order valence-electron chi connectivity index (χ4n) is 4.23. The molecule has 2 aromatic carbocycles. The number of nitrogens with one attached hydrogen (secondary N) is 1. The third kappa shape index (κ3) is 3.52. The minimum absolute atomic E-state index is 0.0364. The van der Waals surface area contributed by atoms with Crippen LogP contribution in [0.25, 0.3) is 10.2 Å². The highest BCUT2D eigenvalue weighted by atomic mass is 32.1. The van der Waals surface area contributed by atoms with Crippen LogP contribution in [0, 0.1) is 12.7 Å². The molecule has 0 saturated carbocycles. The summed E-state index contributed by atoms with van der Waals surface area (Å²) in [5.41, 5.74) is 4.43. The SMILES string of the molecule is Cc1nn(Cc2ccc(F)cc2)c2sc(C(=O)N[C@@H]3CCCc4ccccc43)cc12. The van der Waals surface area contributed by atoms with E-state index in [-0.39, 0.29) is 17.8 Å². The van der Waals surface area contributed by atoms with Crippen molar-refractivity contribution in [1.82, 2.24) is 15.1 Å². The Kier molecular flexibility index (Phi) is 4.87. The number of benzene rings is 2. The number of halogens is 1. The normalized spacial score (nSPS) is 15.9. The number of hydrogen-bond acceptors (Lipinski definition) is 3. The Bertz CT molecular complexity index is 1230. The third-order valence-corrected chi connectivity index (χ3v) is 6.90. The number of thiophene rings is 1. The van der Waals surface area contributed by atoms with E-state index in [1.807, 2.05) is 23.7 Å². The third-order valence-electron chi connectivity index (χ3n) is 5.75. The molecule has 152 valence electrons. The highest BCUT2D eigenvalue weighted by molar-refractivity contribution is 7.20. The van der Waals surface area contributed by atoms with Crippen LogP contribution in [0.3, 0.4) is 0 Å². The first-order valence-electron chi connectivity index (χ1n) is 10.2. The summed E-state index contributed by atoms with van der Waals surface area (Å²) in [5.74, 6) is -0.287. The summed E-state index contributed by atoms with van der Waals surface area (Å²) in [6.07, 6.45) is 3.12. The molecule has 4 aromatic rings. The van der Waals surface area contributed by atoms with Gasteiger partial charge in [0.1, 0.15) is 10.6 Å². The van der Waals surface area contributed by atoms with Gasteiger partial charge in [-0.15, -0.1) is 11.3 Å². The molecule has 0 fully saturated rings. The lowest BCUT2D eigenvalue weighted by molar-refractivity contribution is 0.0937. The Morgan fingerprint density at radius 1 is 1.23 bits per heavy atom. The quantitative estimate of drug-likeness (QED) is 0.481. The molecule has 1 aliphatic rings. The van der Waals surface area contributed by atoms with Crippen LogP contribution in [0.15, 0.2) is 54.6 Å². The predicted molar refractivity (Wildman–Crippen MR) is 117 cm³/mol. The number of carbonyl (C=O) groups excluding carboxylic acids is 1. The van der Waals surface area contributed by atoms with Gasteiger partial charge in [0.2, 0.25) is 0 Å². The number of amides is 1. The summed E-state index contributed by atoms with van der Waals surface area (Å²) in [6.45, 7) is 2.50. The number of aryl methyl sites for hydroxylation is 2. The van der Waals surface area contributed by atoms with Crippen molar-refractivity contribution in [2.24, 2.45) is 0 Å². The van der Waals surface area contributed by atoms with Crippen molar-refractivity contribution in [3.05, 3.63) is 87.7 Å². The molecular weight excluding hydrogens is 397 g/mol. The van der Waals surface area contributed by atoms with Gasteiger partial charge in [0, 0.05) is 5.39 Å². The maximum atomic E-state index is 13.2. The molecule has 0 spiro atoms. The van der Waals surface area contributed by atoms with Crippen LogP contribution in [0.5, 0.6) is 0 Å². The molecule has 0 unspecified atom stereocenters. The van der Waals surface area contributed by atoms with Crippen LogP contribution in [0.4, 0.5) is 4.39 Å². The molecule has 0 saturated heterocycles. The predicted octanol–water partition coefficient (Wildman–Crippen LogP) is 5.40. The summed E-state index contributed by atoms with van der Waals surface area (Å²) in [4.78, 5) is 14.7. The van der Waals surface area contributed by atoms with E-state index in [2.05, 4.69) is 28.6 Å². The Morgan fingerprint density at radius 2 is 2.03 bits per heavy atom. The minimum atomic E-state index is -0.250. The summed E-state index contributed by atoms with van der Waals surface area (Å²) in [6, 6.07) is 16.8. The second-order valence-electron chi connectivity index (χ2n) is 7.82. The van der Waals surface area contributed by atoms with E-state index in [0.717, 1.165) is 40.7 Å². The lowest BCUT2D eigenvalue weighted by atomic mass is 9.88. The molecule has 0 aliphatic heterocycles. The fraction of sp³-hybridized carbons (Fsp3) is 0.250. The summed E-state index contributed by atoms with van der Waals surface area (Å²) >= 11 is 1.46. The van der Waals surface area contributed by atoms with Crippen molar-refractivity contribution in [2.45, 2.75) is 38.8 Å². The molecule has 30 heavy (non-hydrogen) atoms. The summed E-state index contributed by atoms with van der Waals surface area (Å²) in [5, 5.41) is 8.85. The zero-order chi connectivity index (χ0) is 20.7. The molecule has 1 atom stereocenters. The van der Waals surface area contributed by atoms with Crippen molar-refractivity contribution in [3.8, 4) is 0 Å². The maximum Gasteiger partial charge on any atom is 0.261 e. The van der Waals surface area contributed by atoms with Crippen molar-refractivity contribution in [1.29, 1.82) is 0 Å². The van der Waals surface area contributed by atoms with Gasteiger partial charge < -0.3 is 5.32 Å². The average molecular weight is 420 g/mol. The van der Waals surface area contributed by atoms with Gasteiger partial charge in [-0.25, -0.2) is 4.39 Å². The van der Waals surface area contributed by atoms with Crippen LogP contribution in [-0.4, -0.2) is 15.7 Å². The van der Waals surface area contributed by atoms with Crippen molar-refractivity contribution in [3.63, 3.8) is 0 Å². The maximum absolute atomic E-state index is 13.2. The molecule has 0 bridgehead atoms. The number of nitrogens with zero attached hydrogens (tertiary/aromatic N) is 2. The highest BCUT2D eigenvalue weighted by Crippen LogP contribution is 2.32. The Hall–Kier alpha value is -2.99. The first-order valence-corrected chi connectivity index (χ1v) is 11.0. The van der Waals surface area contributed by atoms with Gasteiger partial charge >= 0.3 is 0 Å². The van der Waals surface area contributed by atoms with Gasteiger partial charge in [0.15, 0.2) is 0 Å². The molecule has 1 amide bonds. The zero-order valence-corrected chi connectivity index (χ0v) is 17.5. The molecule has 6 heteroatoms. The second kappa shape index (κ2) is 7.69. The highest BCUT2D eigenvalue weighted by Gasteiger charge is 2.23. The van der Waals surface area contributed by atoms with Gasteiger partial charge in [-0.05, 0) is 61.1 Å². The van der Waals surface area contributed by atoms with Crippen LogP contribution < -0.4 is 5.32 Å². The van der Waals surface area contributed by atoms with Crippen LogP contribution in [0.1, 0.15) is 50.9 Å². The first kappa shape index (κ1) is 19.0. The fourth-order valence-corrected chi connectivity index (χ4v) is 5.29. The Labute approximate surface area is 178 Å². The number of rotatable bonds is 4. The van der Waals surface area contributed by atoms with Crippen LogP contribution in [-0.2, 0) is 13.0 Å². The van der Waals surface area contributed by atoms with Gasteiger partial charge in [0.05, 0.1) is 23.2 Å². The number of fused-ring (bicyclic) bond motifs is 2. The van der Waals surface area contributed by atoms with E-state index in [0.29, 0.717) is 11.4 Å². The molecular formula is C24H22FN3OS. The average Bonchev–Trinajstić information content (AvgIpc) is 3.31. The van der Waals surface area contributed by atoms with Crippen LogP contribution in [0.2, 0.25) is 0 Å². The van der Waals surface area contributed by atoms with Crippen molar-refractivity contribution >= 4 is 27.5 Å². The van der Waals surface area contributed by atoms with E-state index in [4.69, 9.17) is 0 Å². The largest absolute Gasteiger partial charge is 0.345 e. The Balaban J connectivity index is 1.40. The van der Waals surface area contributed by atoms with Crippen molar-refractivity contribution in [2.75, 3.05) is 0 Å². The standard InChI is InChI=1S/C24H22FN3OS/c1-15-20-13-22(23(29)26-21-8-4-6-17-5-2-3-7-19(17)21)30-24(20)28(27-15)14-16-9-11-18(25)12-10-16/h2-3,5,7,9-13,21H,4,6,8,14H2,1H3,(H,26,29)/t21-/m1/s1. The van der Waals surface area contributed by atoms with E-state index in [9.17, 15) is 9.18 Å². The Morgan fingerprint density at radius 3 is 2.87 bits per heavy atom. The van der Waals surface area contributed by atoms with E-state index in [1.165, 1.54) is 34.6 Å². The number of carbonyl (C=O) groups is 1. The van der Waals surface area contributed by atoms with Crippen molar-refractivity contribution < 1.29 is 9.18 Å². The summed E-state index contributed by atoms with van der Waals surface area (Å²) in [7, 11) is 0. The van der Waals surface area contributed by atoms with E-state index < -0.39 is 0 Å². The van der Waals surface area contributed by atoms with Gasteiger partial charge in [0.25, 0.3) is 5.91 Å². The van der Waals surface area contributed by atoms with E-state index >= 15 is 0 Å². The lowest BCUT2D eigenvalue weighted by Gasteiger charge is -2.26. The molecule has 2 heterocycles. The van der Waals surface area contributed by atoms with Crippen LogP contribution >= 0.6 is 11.3 Å². The smallest absolute Gasteiger partial charge is 0.261 e. The zero-order valence-electron chi connectivity index (χ0n) is 16.7. The second-order valence-corrected chi connectivity index (χ2v) is 8.85. The molecule has 1 aliphatic carbocycles. The van der Waals surface area contributed by atoms with Gasteiger partial charge in [-0.3, -0.25) is 9.48 Å². The monoisotopic (exact) mass is 419 g/mol. The molecule has 5 rings (SSSR count).